The number of nitrogens with one attached hydrogen (secondary N) is 2. The van der Waals surface area contributed by atoms with Crippen LogP contribution < -0.4 is 15.4 Å². The van der Waals surface area contributed by atoms with E-state index in [1.165, 1.54) is 0 Å². The fourth-order valence-corrected chi connectivity index (χ4v) is 4.09. The summed E-state index contributed by atoms with van der Waals surface area (Å²) in [6, 6.07) is 22.2. The Kier molecular flexibility index (Phi) is 5.38. The average Bonchev–Trinajstić information content (AvgIpc) is 2.73. The van der Waals surface area contributed by atoms with Crippen LogP contribution in [0.3, 0.4) is 0 Å². The van der Waals surface area contributed by atoms with Crippen LogP contribution in [0.2, 0.25) is 0 Å². The fraction of sp³-hybridized carbons (Fsp3) is 0.200. The number of anilines is 2. The molecule has 3 aromatic carbocycles. The molecule has 3 aromatic rings. The van der Waals surface area contributed by atoms with Crippen molar-refractivity contribution in [3.05, 3.63) is 89.5 Å². The van der Waals surface area contributed by atoms with Gasteiger partial charge in [0.1, 0.15) is 5.75 Å². The van der Waals surface area contributed by atoms with Gasteiger partial charge in [0.25, 0.3) is 5.91 Å². The molecule has 0 aliphatic carbocycles. The second-order valence-corrected chi connectivity index (χ2v) is 8.38. The van der Waals surface area contributed by atoms with Gasteiger partial charge >= 0.3 is 6.16 Å². The number of carbonyl (C=O) groups excluding carboxylic acids is 1. The number of hydrogen-bond acceptors (Lipinski definition) is 4. The first kappa shape index (κ1) is 20.5. The molecule has 3 N–H and O–H groups in total. The molecule has 1 heterocycles. The van der Waals surface area contributed by atoms with Gasteiger partial charge in [0.2, 0.25) is 0 Å². The maximum atomic E-state index is 12.5. The van der Waals surface area contributed by atoms with E-state index in [2.05, 4.69) is 24.5 Å². The highest BCUT2D eigenvalue weighted by atomic mass is 16.7. The van der Waals surface area contributed by atoms with Crippen molar-refractivity contribution in [2.75, 3.05) is 10.6 Å². The number of hydrogen-bond donors (Lipinski definition) is 3. The highest BCUT2D eigenvalue weighted by molar-refractivity contribution is 6.04. The van der Waals surface area contributed by atoms with E-state index >= 15 is 0 Å². The Labute approximate surface area is 180 Å². The largest absolute Gasteiger partial charge is 0.511 e. The molecule has 1 atom stereocenters. The molecule has 6 nitrogen and oxygen atoms in total. The van der Waals surface area contributed by atoms with Crippen molar-refractivity contribution < 1.29 is 19.4 Å². The van der Waals surface area contributed by atoms with Crippen LogP contribution in [0.1, 0.15) is 41.4 Å². The summed E-state index contributed by atoms with van der Waals surface area (Å²) in [7, 11) is 0. The van der Waals surface area contributed by atoms with E-state index in [1.54, 1.807) is 24.3 Å². The molecule has 0 aromatic heterocycles. The van der Waals surface area contributed by atoms with Crippen molar-refractivity contribution in [1.29, 1.82) is 0 Å². The van der Waals surface area contributed by atoms with Gasteiger partial charge in [0.15, 0.2) is 0 Å². The van der Waals surface area contributed by atoms with E-state index in [0.717, 1.165) is 28.9 Å². The summed E-state index contributed by atoms with van der Waals surface area (Å²) in [5.41, 5.74) is 4.20. The van der Waals surface area contributed by atoms with Crippen molar-refractivity contribution >= 4 is 23.4 Å². The van der Waals surface area contributed by atoms with Gasteiger partial charge in [0, 0.05) is 16.9 Å². The van der Waals surface area contributed by atoms with Gasteiger partial charge in [-0.15, -0.1) is 0 Å². The first-order valence-corrected chi connectivity index (χ1v) is 10.1. The smallest absolute Gasteiger partial charge is 0.449 e. The van der Waals surface area contributed by atoms with E-state index in [-0.39, 0.29) is 17.4 Å². The highest BCUT2D eigenvalue weighted by Crippen LogP contribution is 2.45. The normalized spacial score (nSPS) is 16.5. The van der Waals surface area contributed by atoms with Gasteiger partial charge < -0.3 is 20.5 Å². The van der Waals surface area contributed by atoms with Gasteiger partial charge in [-0.25, -0.2) is 4.79 Å². The lowest BCUT2D eigenvalue weighted by atomic mass is 9.73. The Morgan fingerprint density at radius 2 is 1.81 bits per heavy atom. The third kappa shape index (κ3) is 4.53. The highest BCUT2D eigenvalue weighted by Gasteiger charge is 2.36. The number of benzene rings is 3. The molecule has 1 amide bonds. The van der Waals surface area contributed by atoms with Crippen LogP contribution >= 0.6 is 0 Å². The third-order valence-electron chi connectivity index (χ3n) is 5.52. The quantitative estimate of drug-likeness (QED) is 0.373. The van der Waals surface area contributed by atoms with E-state index in [1.807, 2.05) is 48.5 Å². The van der Waals surface area contributed by atoms with Crippen LogP contribution in [0.25, 0.3) is 0 Å². The van der Waals surface area contributed by atoms with Gasteiger partial charge in [-0.2, -0.15) is 0 Å². The van der Waals surface area contributed by atoms with Crippen LogP contribution in [-0.4, -0.2) is 17.2 Å². The Morgan fingerprint density at radius 1 is 1.03 bits per heavy atom. The zero-order valence-corrected chi connectivity index (χ0v) is 17.4. The van der Waals surface area contributed by atoms with Crippen LogP contribution in [0, 0.1) is 5.41 Å². The second kappa shape index (κ2) is 8.14. The summed E-state index contributed by atoms with van der Waals surface area (Å²) < 4.78 is 4.80. The molecular weight excluding hydrogens is 392 g/mol. The predicted octanol–water partition coefficient (Wildman–Crippen LogP) is 5.73. The molecule has 0 radical (unpaired) electrons. The Bertz CT molecular complexity index is 1130. The molecule has 0 saturated heterocycles. The number of carboxylic acid groups (broad SMARTS) is 1. The second-order valence-electron chi connectivity index (χ2n) is 8.38. The fourth-order valence-electron chi connectivity index (χ4n) is 4.09. The molecule has 4 rings (SSSR count). The van der Waals surface area contributed by atoms with Crippen molar-refractivity contribution in [2.24, 2.45) is 5.41 Å². The number of fused-ring (bicyclic) bond motifs is 1. The lowest BCUT2D eigenvalue weighted by Crippen LogP contribution is -2.35. The molecule has 1 aliphatic rings. The maximum absolute atomic E-state index is 12.5. The zero-order valence-electron chi connectivity index (χ0n) is 17.4. The topological polar surface area (TPSA) is 87.7 Å². The summed E-state index contributed by atoms with van der Waals surface area (Å²) >= 11 is 0. The standard InChI is InChI=1S/C25H24N2O4/c1-25(2)15-18-14-20(31-24(29)30)11-12-21(18)27-22(25)17-9-6-10-19(13-17)26-23(28)16-7-4-3-5-8-16/h3-14,22,27H,15H2,1-2H3,(H,26,28)(H,29,30). The van der Waals surface area contributed by atoms with E-state index in [0.29, 0.717) is 11.3 Å². The summed E-state index contributed by atoms with van der Waals surface area (Å²) in [6.07, 6.45) is -0.576. The van der Waals surface area contributed by atoms with Crippen molar-refractivity contribution in [3.63, 3.8) is 0 Å². The van der Waals surface area contributed by atoms with E-state index in [9.17, 15) is 9.59 Å². The van der Waals surface area contributed by atoms with Crippen LogP contribution in [0.5, 0.6) is 5.75 Å². The Morgan fingerprint density at radius 3 is 2.55 bits per heavy atom. The molecule has 31 heavy (non-hydrogen) atoms. The first-order valence-electron chi connectivity index (χ1n) is 10.1. The molecule has 6 heteroatoms. The lowest BCUT2D eigenvalue weighted by Gasteiger charge is -2.41. The zero-order chi connectivity index (χ0) is 22.0. The molecule has 0 bridgehead atoms. The van der Waals surface area contributed by atoms with Crippen molar-refractivity contribution in [3.8, 4) is 5.75 Å². The Balaban J connectivity index is 1.57. The minimum Gasteiger partial charge on any atom is -0.449 e. The van der Waals surface area contributed by atoms with Crippen LogP contribution in [-0.2, 0) is 6.42 Å². The molecule has 1 unspecified atom stereocenters. The first-order chi connectivity index (χ1) is 14.8. The van der Waals surface area contributed by atoms with Crippen LogP contribution in [0.4, 0.5) is 16.2 Å². The average molecular weight is 416 g/mol. The SMILES string of the molecule is CC1(C)Cc2cc(OC(=O)O)ccc2NC1c1cccc(NC(=O)c2ccccc2)c1. The van der Waals surface area contributed by atoms with Gasteiger partial charge in [0.05, 0.1) is 6.04 Å². The van der Waals surface area contributed by atoms with E-state index in [4.69, 9.17) is 9.84 Å². The minimum absolute atomic E-state index is 0.0137. The molecular formula is C25H24N2O4. The van der Waals surface area contributed by atoms with Crippen molar-refractivity contribution in [1.82, 2.24) is 0 Å². The summed E-state index contributed by atoms with van der Waals surface area (Å²) in [4.78, 5) is 23.4. The summed E-state index contributed by atoms with van der Waals surface area (Å²) in [5.74, 6) is 0.165. The van der Waals surface area contributed by atoms with Gasteiger partial charge in [-0.05, 0) is 65.4 Å². The maximum Gasteiger partial charge on any atom is 0.511 e. The lowest BCUT2D eigenvalue weighted by molar-refractivity contribution is 0.102. The molecule has 0 spiro atoms. The summed E-state index contributed by atoms with van der Waals surface area (Å²) in [5, 5.41) is 15.4. The molecule has 0 saturated carbocycles. The van der Waals surface area contributed by atoms with Gasteiger partial charge in [-0.3, -0.25) is 4.79 Å². The number of carbonyl (C=O) groups is 2. The predicted molar refractivity (Wildman–Crippen MR) is 120 cm³/mol. The number of rotatable bonds is 4. The van der Waals surface area contributed by atoms with Crippen LogP contribution in [0.15, 0.2) is 72.8 Å². The minimum atomic E-state index is -1.32. The summed E-state index contributed by atoms with van der Waals surface area (Å²) in [6.45, 7) is 4.32. The van der Waals surface area contributed by atoms with E-state index < -0.39 is 6.16 Å². The molecule has 1 aliphatic heterocycles. The number of amides is 1. The monoisotopic (exact) mass is 416 g/mol. The van der Waals surface area contributed by atoms with Gasteiger partial charge in [-0.1, -0.05) is 44.2 Å². The molecule has 0 fully saturated rings. The Hall–Kier alpha value is -3.80. The molecule has 158 valence electrons. The number of ether oxygens (including phenoxy) is 1. The van der Waals surface area contributed by atoms with Crippen molar-refractivity contribution in [2.45, 2.75) is 26.3 Å². The third-order valence-corrected chi connectivity index (χ3v) is 5.52.